The van der Waals surface area contributed by atoms with E-state index < -0.39 is 11.6 Å². The number of nitrogens with one attached hydrogen (secondary N) is 3. The zero-order chi connectivity index (χ0) is 28.3. The molecule has 0 bridgehead atoms. The summed E-state index contributed by atoms with van der Waals surface area (Å²) in [4.78, 5) is 44.9. The van der Waals surface area contributed by atoms with Crippen molar-refractivity contribution in [1.29, 1.82) is 0 Å². The lowest BCUT2D eigenvalue weighted by Gasteiger charge is -2.42. The van der Waals surface area contributed by atoms with E-state index in [0.29, 0.717) is 32.4 Å². The number of amides is 4. The summed E-state index contributed by atoms with van der Waals surface area (Å²) in [5.74, 6) is -0.183. The van der Waals surface area contributed by atoms with Gasteiger partial charge in [0.2, 0.25) is 11.8 Å². The van der Waals surface area contributed by atoms with Crippen molar-refractivity contribution in [2.75, 3.05) is 39.7 Å². The van der Waals surface area contributed by atoms with Crippen LogP contribution in [-0.4, -0.2) is 85.1 Å². The van der Waals surface area contributed by atoms with Crippen molar-refractivity contribution in [3.63, 3.8) is 0 Å². The molecule has 2 atom stereocenters. The number of anilines is 1. The fraction of sp³-hybridized carbons (Fsp3) is 0.448. The Morgan fingerprint density at radius 3 is 2.33 bits per heavy atom. The molecule has 2 unspecified atom stereocenters. The van der Waals surface area contributed by atoms with Crippen LogP contribution in [0.4, 0.5) is 10.5 Å². The zero-order valence-electron chi connectivity index (χ0n) is 23.5. The van der Waals surface area contributed by atoms with Crippen LogP contribution >= 0.6 is 0 Å². The normalized spacial score (nSPS) is 19.4. The van der Waals surface area contributed by atoms with E-state index in [4.69, 9.17) is 0 Å². The van der Waals surface area contributed by atoms with E-state index >= 15 is 0 Å². The summed E-state index contributed by atoms with van der Waals surface area (Å²) in [7, 11) is 5.33. The van der Waals surface area contributed by atoms with Crippen LogP contribution in [0.25, 0.3) is 0 Å². The quantitative estimate of drug-likeness (QED) is 0.375. The highest BCUT2D eigenvalue weighted by Gasteiger charge is 2.53. The third kappa shape index (κ3) is 5.61. The molecule has 2 heterocycles. The standard InChI is InChI=1S/C29H39N7O3/c1-19-16-21(17-20(2)24(19)33-30-3)18-23(26(37)34(4)5)31-28(39)36-14-12-29(13-15-36)27(38)32-25(35(29)6)22-10-8-7-9-11-22/h7-11,16-17,23,25,33H,3,12-15,18H2,1-2,4-6H3,(H,31,39)(H,32,38). The topological polar surface area (TPSA) is 109 Å². The van der Waals surface area contributed by atoms with Crippen LogP contribution in [0.3, 0.4) is 0 Å². The number of likely N-dealkylation sites (tertiary alicyclic amines) is 1. The van der Waals surface area contributed by atoms with Crippen LogP contribution < -0.4 is 16.1 Å². The van der Waals surface area contributed by atoms with E-state index in [1.165, 1.54) is 4.90 Å². The minimum Gasteiger partial charge on any atom is -0.347 e. The molecule has 2 aliphatic heterocycles. The number of likely N-dealkylation sites (N-methyl/N-ethyl adjacent to an activating group) is 2. The van der Waals surface area contributed by atoms with E-state index in [1.54, 1.807) is 19.0 Å². The summed E-state index contributed by atoms with van der Waals surface area (Å²) in [5, 5.41) is 9.87. The highest BCUT2D eigenvalue weighted by molar-refractivity contribution is 5.90. The summed E-state index contributed by atoms with van der Waals surface area (Å²) in [6.07, 6.45) is 1.19. The highest BCUT2D eigenvalue weighted by atomic mass is 16.2. The van der Waals surface area contributed by atoms with Gasteiger partial charge in [0.05, 0.1) is 5.69 Å². The molecule has 0 radical (unpaired) electrons. The zero-order valence-corrected chi connectivity index (χ0v) is 23.5. The summed E-state index contributed by atoms with van der Waals surface area (Å²) < 4.78 is 0. The first kappa shape index (κ1) is 28.1. The average molecular weight is 534 g/mol. The Labute approximate surface area is 230 Å². The van der Waals surface area contributed by atoms with Crippen LogP contribution in [-0.2, 0) is 16.0 Å². The number of urea groups is 1. The molecular formula is C29H39N7O3. The molecule has 4 rings (SSSR count). The molecule has 2 fully saturated rings. The fourth-order valence-electron chi connectivity index (χ4n) is 5.78. The number of carbonyl (C=O) groups is 3. The first-order chi connectivity index (χ1) is 18.6. The van der Waals surface area contributed by atoms with Gasteiger partial charge in [-0.15, -0.1) is 0 Å². The highest BCUT2D eigenvalue weighted by Crippen LogP contribution is 2.39. The number of hydrogen-bond donors (Lipinski definition) is 3. The molecule has 2 aliphatic rings. The van der Waals surface area contributed by atoms with Crippen molar-refractivity contribution < 1.29 is 14.4 Å². The van der Waals surface area contributed by atoms with Crippen molar-refractivity contribution in [1.82, 2.24) is 25.3 Å². The van der Waals surface area contributed by atoms with Gasteiger partial charge in [0.25, 0.3) is 0 Å². The van der Waals surface area contributed by atoms with Crippen molar-refractivity contribution >= 4 is 30.3 Å². The Morgan fingerprint density at radius 2 is 1.77 bits per heavy atom. The predicted molar refractivity (Wildman–Crippen MR) is 152 cm³/mol. The van der Waals surface area contributed by atoms with Gasteiger partial charge in [-0.1, -0.05) is 42.5 Å². The number of rotatable bonds is 7. The lowest BCUT2D eigenvalue weighted by Crippen LogP contribution is -2.59. The van der Waals surface area contributed by atoms with E-state index in [0.717, 1.165) is 27.9 Å². The largest absolute Gasteiger partial charge is 0.347 e. The number of piperidine rings is 1. The molecule has 2 saturated heterocycles. The molecule has 0 aliphatic carbocycles. The van der Waals surface area contributed by atoms with Gasteiger partial charge >= 0.3 is 6.03 Å². The van der Waals surface area contributed by atoms with Gasteiger partial charge in [-0.3, -0.25) is 19.9 Å². The Balaban J connectivity index is 1.44. The maximum Gasteiger partial charge on any atom is 0.318 e. The maximum absolute atomic E-state index is 13.4. The maximum atomic E-state index is 13.4. The number of hydrazone groups is 1. The summed E-state index contributed by atoms with van der Waals surface area (Å²) in [6.45, 7) is 8.26. The van der Waals surface area contributed by atoms with Gasteiger partial charge < -0.3 is 20.4 Å². The van der Waals surface area contributed by atoms with Gasteiger partial charge in [0, 0.05) is 40.3 Å². The third-order valence-electron chi connectivity index (χ3n) is 8.01. The van der Waals surface area contributed by atoms with Gasteiger partial charge in [-0.05, 0) is 56.0 Å². The second-order valence-electron chi connectivity index (χ2n) is 10.7. The van der Waals surface area contributed by atoms with Crippen molar-refractivity contribution in [2.45, 2.75) is 50.9 Å². The van der Waals surface area contributed by atoms with E-state index in [-0.39, 0.29) is 24.0 Å². The molecule has 39 heavy (non-hydrogen) atoms. The van der Waals surface area contributed by atoms with Gasteiger partial charge in [-0.25, -0.2) is 4.79 Å². The van der Waals surface area contributed by atoms with Crippen molar-refractivity contribution in [2.24, 2.45) is 5.10 Å². The molecule has 0 aromatic heterocycles. The lowest BCUT2D eigenvalue weighted by molar-refractivity contribution is -0.130. The molecule has 4 amide bonds. The molecule has 208 valence electrons. The van der Waals surface area contributed by atoms with Crippen LogP contribution in [0.1, 0.15) is 41.3 Å². The minimum absolute atomic E-state index is 0.00472. The molecule has 10 nitrogen and oxygen atoms in total. The van der Waals surface area contributed by atoms with E-state index in [1.807, 2.05) is 63.4 Å². The van der Waals surface area contributed by atoms with Crippen LogP contribution in [0.15, 0.2) is 47.6 Å². The SMILES string of the molecule is C=NNc1c(C)cc(CC(NC(=O)N2CCC3(CC2)C(=O)NC(c2ccccc2)N3C)C(=O)N(C)C)cc1C. The first-order valence-corrected chi connectivity index (χ1v) is 13.2. The Bertz CT molecular complexity index is 1220. The Hall–Kier alpha value is -3.92. The minimum atomic E-state index is -0.724. The van der Waals surface area contributed by atoms with Gasteiger partial charge in [0.1, 0.15) is 17.7 Å². The molecule has 0 saturated carbocycles. The smallest absolute Gasteiger partial charge is 0.318 e. The van der Waals surface area contributed by atoms with Crippen LogP contribution in [0, 0.1) is 13.8 Å². The van der Waals surface area contributed by atoms with Crippen LogP contribution in [0.2, 0.25) is 0 Å². The second kappa shape index (κ2) is 11.4. The number of aryl methyl sites for hydroxylation is 2. The summed E-state index contributed by atoms with van der Waals surface area (Å²) >= 11 is 0. The third-order valence-corrected chi connectivity index (χ3v) is 8.01. The van der Waals surface area contributed by atoms with E-state index in [2.05, 4.69) is 32.8 Å². The molecule has 10 heteroatoms. The number of benzene rings is 2. The Kier molecular flexibility index (Phi) is 8.25. The van der Waals surface area contributed by atoms with Crippen molar-refractivity contribution in [3.05, 3.63) is 64.7 Å². The lowest BCUT2D eigenvalue weighted by atomic mass is 9.86. The van der Waals surface area contributed by atoms with Crippen LogP contribution in [0.5, 0.6) is 0 Å². The molecular weight excluding hydrogens is 494 g/mol. The second-order valence-corrected chi connectivity index (χ2v) is 10.7. The Morgan fingerprint density at radius 1 is 1.15 bits per heavy atom. The monoisotopic (exact) mass is 533 g/mol. The molecule has 3 N–H and O–H groups in total. The summed E-state index contributed by atoms with van der Waals surface area (Å²) in [6, 6.07) is 12.9. The number of hydrogen-bond acceptors (Lipinski definition) is 6. The fourth-order valence-corrected chi connectivity index (χ4v) is 5.78. The molecule has 2 aromatic rings. The molecule has 1 spiro atoms. The number of carbonyl (C=O) groups excluding carboxylic acids is 3. The van der Waals surface area contributed by atoms with Gasteiger partial charge in [-0.2, -0.15) is 5.10 Å². The van der Waals surface area contributed by atoms with E-state index in [9.17, 15) is 14.4 Å². The first-order valence-electron chi connectivity index (χ1n) is 13.2. The predicted octanol–water partition coefficient (Wildman–Crippen LogP) is 2.63. The van der Waals surface area contributed by atoms with Crippen molar-refractivity contribution in [3.8, 4) is 0 Å². The van der Waals surface area contributed by atoms with Gasteiger partial charge in [0.15, 0.2) is 0 Å². The summed E-state index contributed by atoms with van der Waals surface area (Å²) in [5.41, 5.74) is 7.06. The molecule has 2 aromatic carbocycles. The average Bonchev–Trinajstić information content (AvgIpc) is 3.15. The number of nitrogens with zero attached hydrogens (tertiary/aromatic N) is 4.